The molecule has 0 saturated carbocycles. The van der Waals surface area contributed by atoms with Crippen molar-refractivity contribution < 1.29 is 9.53 Å². The van der Waals surface area contributed by atoms with Crippen molar-refractivity contribution in [2.75, 3.05) is 43.5 Å². The van der Waals surface area contributed by atoms with Crippen LogP contribution in [0.25, 0.3) is 0 Å². The number of likely N-dealkylation sites (tertiary alicyclic amines) is 1. The fraction of sp³-hybridized carbons (Fsp3) is 0.450. The van der Waals surface area contributed by atoms with Gasteiger partial charge in [-0.1, -0.05) is 18.2 Å². The first kappa shape index (κ1) is 17.7. The van der Waals surface area contributed by atoms with Crippen LogP contribution in [0, 0.1) is 0 Å². The number of rotatable bonds is 5. The number of carbonyl (C=O) groups is 1. The summed E-state index contributed by atoms with van der Waals surface area (Å²) in [5.74, 6) is 1.35. The van der Waals surface area contributed by atoms with Gasteiger partial charge in [-0.15, -0.1) is 0 Å². The molecule has 7 nitrogen and oxygen atoms in total. The minimum Gasteiger partial charge on any atom is -0.481 e. The SMILES string of the molecule is COc1ccnc(NC2CCN(CC(=O)N3CCc4ccccc43)CC2)n1. The van der Waals surface area contributed by atoms with Crippen molar-refractivity contribution in [1.82, 2.24) is 14.9 Å². The van der Waals surface area contributed by atoms with E-state index in [2.05, 4.69) is 26.3 Å². The van der Waals surface area contributed by atoms with Gasteiger partial charge in [0.05, 0.1) is 13.7 Å². The van der Waals surface area contributed by atoms with E-state index in [1.54, 1.807) is 19.4 Å². The highest BCUT2D eigenvalue weighted by Gasteiger charge is 2.27. The van der Waals surface area contributed by atoms with Gasteiger partial charge >= 0.3 is 0 Å². The number of piperidine rings is 1. The molecule has 0 spiro atoms. The molecule has 1 aromatic carbocycles. The highest BCUT2D eigenvalue weighted by atomic mass is 16.5. The molecule has 0 aliphatic carbocycles. The Balaban J connectivity index is 1.28. The van der Waals surface area contributed by atoms with Crippen LogP contribution in [0.5, 0.6) is 5.88 Å². The van der Waals surface area contributed by atoms with Gasteiger partial charge in [-0.25, -0.2) is 4.98 Å². The standard InChI is InChI=1S/C20H25N5O2/c1-27-18-6-10-21-20(23-18)22-16-8-11-24(12-9-16)14-19(26)25-13-7-15-4-2-3-5-17(15)25/h2-6,10,16H,7-9,11-14H2,1H3,(H,21,22,23). The van der Waals surface area contributed by atoms with E-state index in [1.807, 2.05) is 23.1 Å². The van der Waals surface area contributed by atoms with Crippen LogP contribution < -0.4 is 15.0 Å². The van der Waals surface area contributed by atoms with Crippen molar-refractivity contribution in [1.29, 1.82) is 0 Å². The molecule has 142 valence electrons. The lowest BCUT2D eigenvalue weighted by atomic mass is 10.1. The number of nitrogens with zero attached hydrogens (tertiary/aromatic N) is 4. The zero-order valence-corrected chi connectivity index (χ0v) is 15.6. The molecule has 3 heterocycles. The Morgan fingerprint density at radius 1 is 1.22 bits per heavy atom. The van der Waals surface area contributed by atoms with Crippen LogP contribution in [0.3, 0.4) is 0 Å². The molecule has 2 aromatic rings. The molecule has 0 atom stereocenters. The minimum atomic E-state index is 0.197. The Hall–Kier alpha value is -2.67. The summed E-state index contributed by atoms with van der Waals surface area (Å²) in [6.45, 7) is 3.06. The molecular formula is C20H25N5O2. The molecule has 7 heteroatoms. The second-order valence-corrected chi connectivity index (χ2v) is 7.04. The molecule has 1 fully saturated rings. The van der Waals surface area contributed by atoms with E-state index in [-0.39, 0.29) is 5.91 Å². The minimum absolute atomic E-state index is 0.197. The number of fused-ring (bicyclic) bond motifs is 1. The average Bonchev–Trinajstić information content (AvgIpc) is 3.14. The summed E-state index contributed by atoms with van der Waals surface area (Å²) in [4.78, 5) is 25.5. The Morgan fingerprint density at radius 3 is 2.85 bits per heavy atom. The van der Waals surface area contributed by atoms with E-state index in [9.17, 15) is 4.79 Å². The maximum atomic E-state index is 12.8. The molecule has 1 N–H and O–H groups in total. The number of hydrogen-bond donors (Lipinski definition) is 1. The van der Waals surface area contributed by atoms with Crippen LogP contribution in [0.1, 0.15) is 18.4 Å². The maximum absolute atomic E-state index is 12.8. The number of para-hydroxylation sites is 1. The molecule has 4 rings (SSSR count). The summed E-state index contributed by atoms with van der Waals surface area (Å²) in [7, 11) is 1.60. The molecule has 1 amide bonds. The van der Waals surface area contributed by atoms with Gasteiger partial charge in [-0.2, -0.15) is 4.98 Å². The first-order valence-electron chi connectivity index (χ1n) is 9.47. The van der Waals surface area contributed by atoms with E-state index in [0.29, 0.717) is 24.4 Å². The van der Waals surface area contributed by atoms with Gasteiger partial charge in [0, 0.05) is 43.6 Å². The third-order valence-electron chi connectivity index (χ3n) is 5.31. The highest BCUT2D eigenvalue weighted by Crippen LogP contribution is 2.27. The molecule has 0 radical (unpaired) electrons. The zero-order chi connectivity index (χ0) is 18.6. The van der Waals surface area contributed by atoms with Crippen LogP contribution >= 0.6 is 0 Å². The number of methoxy groups -OCH3 is 1. The van der Waals surface area contributed by atoms with E-state index in [1.165, 1.54) is 5.56 Å². The summed E-state index contributed by atoms with van der Waals surface area (Å²) in [6.07, 6.45) is 4.57. The lowest BCUT2D eigenvalue weighted by molar-refractivity contribution is -0.119. The second-order valence-electron chi connectivity index (χ2n) is 7.04. The fourth-order valence-electron chi connectivity index (χ4n) is 3.82. The monoisotopic (exact) mass is 367 g/mol. The molecule has 0 bridgehead atoms. The van der Waals surface area contributed by atoms with Crippen LogP contribution in [-0.2, 0) is 11.2 Å². The Morgan fingerprint density at radius 2 is 2.04 bits per heavy atom. The molecular weight excluding hydrogens is 342 g/mol. The summed E-state index contributed by atoms with van der Waals surface area (Å²) in [5, 5.41) is 3.37. The molecule has 1 aromatic heterocycles. The largest absolute Gasteiger partial charge is 0.481 e. The van der Waals surface area contributed by atoms with Crippen molar-refractivity contribution in [2.45, 2.75) is 25.3 Å². The van der Waals surface area contributed by atoms with Gasteiger partial charge in [-0.3, -0.25) is 9.69 Å². The molecule has 2 aliphatic rings. The summed E-state index contributed by atoms with van der Waals surface area (Å²) >= 11 is 0. The number of ether oxygens (including phenoxy) is 1. The number of benzene rings is 1. The second kappa shape index (κ2) is 7.92. The topological polar surface area (TPSA) is 70.6 Å². The van der Waals surface area contributed by atoms with Gasteiger partial charge in [0.25, 0.3) is 0 Å². The van der Waals surface area contributed by atoms with Crippen molar-refractivity contribution in [3.05, 3.63) is 42.1 Å². The van der Waals surface area contributed by atoms with Crippen molar-refractivity contribution >= 4 is 17.5 Å². The average molecular weight is 367 g/mol. The van der Waals surface area contributed by atoms with E-state index in [4.69, 9.17) is 4.74 Å². The van der Waals surface area contributed by atoms with Crippen molar-refractivity contribution in [2.24, 2.45) is 0 Å². The summed E-state index contributed by atoms with van der Waals surface area (Å²) in [6, 6.07) is 10.2. The third kappa shape index (κ3) is 4.03. The first-order valence-corrected chi connectivity index (χ1v) is 9.47. The van der Waals surface area contributed by atoms with Crippen LogP contribution in [0.15, 0.2) is 36.5 Å². The Kier molecular flexibility index (Phi) is 5.20. The molecule has 1 saturated heterocycles. The summed E-state index contributed by atoms with van der Waals surface area (Å²) in [5.41, 5.74) is 2.35. The van der Waals surface area contributed by atoms with Crippen molar-refractivity contribution in [3.8, 4) is 5.88 Å². The number of carbonyl (C=O) groups excluding carboxylic acids is 1. The van der Waals surface area contributed by atoms with Crippen LogP contribution in [0.4, 0.5) is 11.6 Å². The summed E-state index contributed by atoms with van der Waals surface area (Å²) < 4.78 is 5.14. The van der Waals surface area contributed by atoms with Crippen LogP contribution in [0.2, 0.25) is 0 Å². The molecule has 27 heavy (non-hydrogen) atoms. The maximum Gasteiger partial charge on any atom is 0.241 e. The Labute approximate surface area is 159 Å². The van der Waals surface area contributed by atoms with Crippen LogP contribution in [-0.4, -0.2) is 60.1 Å². The molecule has 2 aliphatic heterocycles. The van der Waals surface area contributed by atoms with E-state index in [0.717, 1.165) is 44.6 Å². The Bertz CT molecular complexity index is 804. The van der Waals surface area contributed by atoms with Gasteiger partial charge in [0.1, 0.15) is 0 Å². The number of nitrogens with one attached hydrogen (secondary N) is 1. The normalized spacial score (nSPS) is 17.6. The first-order chi connectivity index (χ1) is 13.2. The van der Waals surface area contributed by atoms with E-state index < -0.39 is 0 Å². The predicted octanol–water partition coefficient (Wildman–Crippen LogP) is 1.95. The lowest BCUT2D eigenvalue weighted by Crippen LogP contribution is -2.45. The third-order valence-corrected chi connectivity index (χ3v) is 5.31. The van der Waals surface area contributed by atoms with Gasteiger partial charge < -0.3 is 15.0 Å². The smallest absolute Gasteiger partial charge is 0.241 e. The number of aromatic nitrogens is 2. The predicted molar refractivity (Wildman–Crippen MR) is 104 cm³/mol. The quantitative estimate of drug-likeness (QED) is 0.871. The number of hydrogen-bond acceptors (Lipinski definition) is 6. The lowest BCUT2D eigenvalue weighted by Gasteiger charge is -2.32. The van der Waals surface area contributed by atoms with Gasteiger partial charge in [0.15, 0.2) is 0 Å². The number of amides is 1. The zero-order valence-electron chi connectivity index (χ0n) is 15.6. The van der Waals surface area contributed by atoms with E-state index >= 15 is 0 Å². The van der Waals surface area contributed by atoms with Crippen molar-refractivity contribution in [3.63, 3.8) is 0 Å². The number of anilines is 2. The van der Waals surface area contributed by atoms with Gasteiger partial charge in [0.2, 0.25) is 17.7 Å². The fourth-order valence-corrected chi connectivity index (χ4v) is 3.82. The highest BCUT2D eigenvalue weighted by molar-refractivity contribution is 5.96. The van der Waals surface area contributed by atoms with Gasteiger partial charge in [-0.05, 0) is 30.9 Å². The molecule has 0 unspecified atom stereocenters.